The highest BCUT2D eigenvalue weighted by atomic mass is 127. The third-order valence-electron chi connectivity index (χ3n) is 2.63. The topological polar surface area (TPSA) is 78.4 Å². The van der Waals surface area contributed by atoms with Crippen molar-refractivity contribution in [3.05, 3.63) is 16.1 Å². The van der Waals surface area contributed by atoms with Crippen molar-refractivity contribution in [1.82, 2.24) is 20.9 Å². The van der Waals surface area contributed by atoms with Crippen LogP contribution in [-0.2, 0) is 17.4 Å². The van der Waals surface area contributed by atoms with Crippen molar-refractivity contribution >= 4 is 47.2 Å². The molecule has 1 amide bonds. The SMILES string of the molecule is CN=C(NCCc1nc(C(F)(F)F)cs1)NCC(=O)NC(C)(C)C.I. The van der Waals surface area contributed by atoms with Gasteiger partial charge in [-0.05, 0) is 20.8 Å². The molecule has 1 aromatic rings. The van der Waals surface area contributed by atoms with Gasteiger partial charge in [0, 0.05) is 30.9 Å². The summed E-state index contributed by atoms with van der Waals surface area (Å²) in [6.07, 6.45) is -4.09. The molecule has 0 aliphatic heterocycles. The molecule has 0 saturated carbocycles. The molecule has 3 N–H and O–H groups in total. The lowest BCUT2D eigenvalue weighted by Gasteiger charge is -2.21. The van der Waals surface area contributed by atoms with Gasteiger partial charge in [-0.25, -0.2) is 4.98 Å². The highest BCUT2D eigenvalue weighted by Crippen LogP contribution is 2.29. The second kappa shape index (κ2) is 10.1. The molecule has 0 atom stereocenters. The van der Waals surface area contributed by atoms with E-state index in [1.807, 2.05) is 20.8 Å². The zero-order valence-corrected chi connectivity index (χ0v) is 17.6. The van der Waals surface area contributed by atoms with Crippen LogP contribution in [0.2, 0.25) is 0 Å². The van der Waals surface area contributed by atoms with E-state index >= 15 is 0 Å². The minimum atomic E-state index is -4.42. The van der Waals surface area contributed by atoms with Crippen molar-refractivity contribution in [3.63, 3.8) is 0 Å². The first-order chi connectivity index (χ1) is 11.0. The number of carbonyl (C=O) groups is 1. The summed E-state index contributed by atoms with van der Waals surface area (Å²) in [4.78, 5) is 19.2. The first-order valence-electron chi connectivity index (χ1n) is 7.28. The number of aromatic nitrogens is 1. The fourth-order valence-electron chi connectivity index (χ4n) is 1.69. The average Bonchev–Trinajstić information content (AvgIpc) is 2.89. The highest BCUT2D eigenvalue weighted by Gasteiger charge is 2.33. The standard InChI is InChI=1S/C14H22F3N5OS.HI/c1-13(2,3)22-10(23)7-20-12(18-4)19-6-5-11-21-9(8-24-11)14(15,16)17;/h8H,5-7H2,1-4H3,(H,22,23)(H2,18,19,20);1H. The Bertz CT molecular complexity index is 584. The summed E-state index contributed by atoms with van der Waals surface area (Å²) < 4.78 is 37.4. The lowest BCUT2D eigenvalue weighted by Crippen LogP contribution is -2.48. The number of rotatable bonds is 5. The Morgan fingerprint density at radius 2 is 1.92 bits per heavy atom. The number of aliphatic imine (C=N–C) groups is 1. The molecule has 0 aromatic carbocycles. The van der Waals surface area contributed by atoms with E-state index in [2.05, 4.69) is 25.9 Å². The lowest BCUT2D eigenvalue weighted by molar-refractivity contribution is -0.140. The van der Waals surface area contributed by atoms with E-state index in [-0.39, 0.29) is 42.0 Å². The number of alkyl halides is 3. The first-order valence-corrected chi connectivity index (χ1v) is 8.16. The van der Waals surface area contributed by atoms with E-state index in [0.29, 0.717) is 23.9 Å². The summed E-state index contributed by atoms with van der Waals surface area (Å²) in [5.74, 6) is 0.215. The van der Waals surface area contributed by atoms with Crippen LogP contribution in [0.1, 0.15) is 31.5 Å². The van der Waals surface area contributed by atoms with Crippen LogP contribution >= 0.6 is 35.3 Å². The van der Waals surface area contributed by atoms with Gasteiger partial charge in [-0.3, -0.25) is 9.79 Å². The second-order valence-corrected chi connectivity index (χ2v) is 6.97. The summed E-state index contributed by atoms with van der Waals surface area (Å²) in [6.45, 7) is 6.03. The average molecular weight is 493 g/mol. The number of nitrogens with one attached hydrogen (secondary N) is 3. The van der Waals surface area contributed by atoms with Crippen molar-refractivity contribution in [2.24, 2.45) is 4.99 Å². The number of thiazole rings is 1. The van der Waals surface area contributed by atoms with Crippen molar-refractivity contribution in [2.75, 3.05) is 20.1 Å². The number of hydrogen-bond acceptors (Lipinski definition) is 4. The quantitative estimate of drug-likeness (QED) is 0.335. The molecule has 0 unspecified atom stereocenters. The van der Waals surface area contributed by atoms with Crippen molar-refractivity contribution in [3.8, 4) is 0 Å². The maximum atomic E-state index is 12.5. The summed E-state index contributed by atoms with van der Waals surface area (Å²) in [7, 11) is 1.54. The van der Waals surface area contributed by atoms with Crippen LogP contribution in [0.3, 0.4) is 0 Å². The van der Waals surface area contributed by atoms with Crippen LogP contribution in [-0.4, -0.2) is 42.5 Å². The molecule has 144 valence electrons. The van der Waals surface area contributed by atoms with Gasteiger partial charge in [0.1, 0.15) is 0 Å². The lowest BCUT2D eigenvalue weighted by atomic mass is 10.1. The second-order valence-electron chi connectivity index (χ2n) is 6.02. The van der Waals surface area contributed by atoms with Gasteiger partial charge in [0.25, 0.3) is 0 Å². The van der Waals surface area contributed by atoms with Crippen molar-refractivity contribution < 1.29 is 18.0 Å². The predicted molar refractivity (Wildman–Crippen MR) is 103 cm³/mol. The van der Waals surface area contributed by atoms with Gasteiger partial charge in [-0.1, -0.05) is 0 Å². The summed E-state index contributed by atoms with van der Waals surface area (Å²) in [5.41, 5.74) is -1.19. The number of guanidine groups is 1. The summed E-state index contributed by atoms with van der Waals surface area (Å²) in [6, 6.07) is 0. The van der Waals surface area contributed by atoms with E-state index in [0.717, 1.165) is 16.7 Å². The van der Waals surface area contributed by atoms with E-state index in [1.54, 1.807) is 7.05 Å². The third kappa shape index (κ3) is 9.82. The molecule has 25 heavy (non-hydrogen) atoms. The smallest absolute Gasteiger partial charge is 0.356 e. The third-order valence-corrected chi connectivity index (χ3v) is 3.54. The normalized spacial score (nSPS) is 12.4. The Morgan fingerprint density at radius 3 is 2.40 bits per heavy atom. The Morgan fingerprint density at radius 1 is 1.28 bits per heavy atom. The Labute approximate surface area is 166 Å². The summed E-state index contributed by atoms with van der Waals surface area (Å²) in [5, 5.41) is 9.95. The number of carbonyl (C=O) groups excluding carboxylic acids is 1. The molecular formula is C14H23F3IN5OS. The molecule has 0 radical (unpaired) electrons. The monoisotopic (exact) mass is 493 g/mol. The Kier molecular flexibility index (Phi) is 9.69. The van der Waals surface area contributed by atoms with Gasteiger partial charge in [0.05, 0.1) is 11.6 Å². The number of nitrogens with zero attached hydrogens (tertiary/aromatic N) is 2. The van der Waals surface area contributed by atoms with Crippen LogP contribution in [0.25, 0.3) is 0 Å². The van der Waals surface area contributed by atoms with Crippen LogP contribution in [0, 0.1) is 0 Å². The predicted octanol–water partition coefficient (Wildman–Crippen LogP) is 2.40. The van der Waals surface area contributed by atoms with Crippen LogP contribution < -0.4 is 16.0 Å². The molecule has 0 aliphatic rings. The molecule has 0 saturated heterocycles. The molecule has 0 aliphatic carbocycles. The molecule has 6 nitrogen and oxygen atoms in total. The number of halogens is 4. The minimum Gasteiger partial charge on any atom is -0.356 e. The molecule has 1 heterocycles. The molecule has 1 aromatic heterocycles. The minimum absolute atomic E-state index is 0. The first kappa shape index (κ1) is 23.9. The van der Waals surface area contributed by atoms with Gasteiger partial charge in [-0.15, -0.1) is 35.3 Å². The van der Waals surface area contributed by atoms with E-state index in [9.17, 15) is 18.0 Å². The van der Waals surface area contributed by atoms with Gasteiger partial charge in [-0.2, -0.15) is 13.2 Å². The molecule has 0 spiro atoms. The van der Waals surface area contributed by atoms with E-state index in [1.165, 1.54) is 0 Å². The van der Waals surface area contributed by atoms with Crippen LogP contribution in [0.4, 0.5) is 13.2 Å². The maximum absolute atomic E-state index is 12.5. The van der Waals surface area contributed by atoms with Crippen molar-refractivity contribution in [1.29, 1.82) is 0 Å². The van der Waals surface area contributed by atoms with E-state index in [4.69, 9.17) is 0 Å². The number of amides is 1. The van der Waals surface area contributed by atoms with Crippen LogP contribution in [0.15, 0.2) is 10.4 Å². The summed E-state index contributed by atoms with van der Waals surface area (Å²) >= 11 is 0.965. The highest BCUT2D eigenvalue weighted by molar-refractivity contribution is 14.0. The van der Waals surface area contributed by atoms with Gasteiger partial charge in [0.15, 0.2) is 11.7 Å². The Hall–Kier alpha value is -1.11. The van der Waals surface area contributed by atoms with Crippen LogP contribution in [0.5, 0.6) is 0 Å². The zero-order chi connectivity index (χ0) is 18.4. The van der Waals surface area contributed by atoms with E-state index < -0.39 is 11.9 Å². The molecular weight excluding hydrogens is 470 g/mol. The molecule has 11 heteroatoms. The molecule has 1 rings (SSSR count). The molecule has 0 fully saturated rings. The zero-order valence-electron chi connectivity index (χ0n) is 14.5. The maximum Gasteiger partial charge on any atom is 0.434 e. The fourth-order valence-corrected chi connectivity index (χ4v) is 2.50. The molecule has 0 bridgehead atoms. The van der Waals surface area contributed by atoms with Gasteiger partial charge >= 0.3 is 6.18 Å². The van der Waals surface area contributed by atoms with Crippen molar-refractivity contribution in [2.45, 2.75) is 38.9 Å². The number of hydrogen-bond donors (Lipinski definition) is 3. The largest absolute Gasteiger partial charge is 0.434 e. The Balaban J connectivity index is 0.00000576. The van der Waals surface area contributed by atoms with Gasteiger partial charge < -0.3 is 16.0 Å². The fraction of sp³-hybridized carbons (Fsp3) is 0.643. The van der Waals surface area contributed by atoms with Gasteiger partial charge in [0.2, 0.25) is 5.91 Å².